The maximum atomic E-state index is 14.7. The topological polar surface area (TPSA) is 55.4 Å². The first-order valence-electron chi connectivity index (χ1n) is 9.63. The van der Waals surface area contributed by atoms with Crippen molar-refractivity contribution >= 4 is 11.8 Å². The maximum Gasteiger partial charge on any atom is 0.336 e. The zero-order valence-electron chi connectivity index (χ0n) is 16.4. The van der Waals surface area contributed by atoms with Gasteiger partial charge < -0.3 is 10.1 Å². The number of nitrogens with one attached hydrogen (secondary N) is 1. The van der Waals surface area contributed by atoms with Crippen LogP contribution in [0.15, 0.2) is 77.1 Å². The van der Waals surface area contributed by atoms with Crippen LogP contribution in [0.5, 0.6) is 0 Å². The van der Waals surface area contributed by atoms with E-state index in [0.29, 0.717) is 29.7 Å². The van der Waals surface area contributed by atoms with E-state index < -0.39 is 17.7 Å². The van der Waals surface area contributed by atoms with E-state index in [1.807, 2.05) is 30.3 Å². The van der Waals surface area contributed by atoms with E-state index in [4.69, 9.17) is 4.74 Å². The van der Waals surface area contributed by atoms with Crippen LogP contribution in [0.2, 0.25) is 0 Å². The van der Waals surface area contributed by atoms with Crippen LogP contribution in [0.25, 0.3) is 0 Å². The number of halogens is 1. The number of carbonyl (C=O) groups is 2. The first-order chi connectivity index (χ1) is 14.0. The van der Waals surface area contributed by atoms with Crippen LogP contribution in [-0.4, -0.2) is 18.9 Å². The predicted octanol–water partition coefficient (Wildman–Crippen LogP) is 4.36. The second-order valence-corrected chi connectivity index (χ2v) is 7.44. The molecule has 1 aliphatic heterocycles. The normalized spacial score (nSPS) is 21.6. The van der Waals surface area contributed by atoms with Crippen LogP contribution in [0.3, 0.4) is 0 Å². The highest BCUT2D eigenvalue weighted by Crippen LogP contribution is 2.46. The first-order valence-corrected chi connectivity index (χ1v) is 9.63. The summed E-state index contributed by atoms with van der Waals surface area (Å²) in [5.74, 6) is -1.81. The van der Waals surface area contributed by atoms with Gasteiger partial charge in [0.15, 0.2) is 5.78 Å². The Balaban J connectivity index is 1.84. The second kappa shape index (κ2) is 7.66. The number of Topliss-reactive ketones (excluding diaryl/α,β-unsaturated/α-hetero) is 1. The summed E-state index contributed by atoms with van der Waals surface area (Å²) in [6.07, 6.45) is 0.949. The molecular formula is C24H22FNO3. The van der Waals surface area contributed by atoms with E-state index >= 15 is 0 Å². The second-order valence-electron chi connectivity index (χ2n) is 7.44. The van der Waals surface area contributed by atoms with Crippen LogP contribution in [0, 0.1) is 5.82 Å². The highest BCUT2D eigenvalue weighted by molar-refractivity contribution is 6.04. The van der Waals surface area contributed by atoms with Gasteiger partial charge >= 0.3 is 5.97 Å². The minimum Gasteiger partial charge on any atom is -0.466 e. The lowest BCUT2D eigenvalue weighted by molar-refractivity contribution is -0.136. The number of hydrogen-bond acceptors (Lipinski definition) is 4. The molecule has 0 aromatic heterocycles. The molecule has 2 aromatic rings. The fourth-order valence-electron chi connectivity index (χ4n) is 4.40. The molecule has 2 aromatic carbocycles. The molecule has 0 saturated carbocycles. The summed E-state index contributed by atoms with van der Waals surface area (Å²) in [6.45, 7) is 1.76. The lowest BCUT2D eigenvalue weighted by Crippen LogP contribution is -2.36. The van der Waals surface area contributed by atoms with Crippen molar-refractivity contribution in [3.05, 3.63) is 94.1 Å². The van der Waals surface area contributed by atoms with Crippen LogP contribution in [0.1, 0.15) is 42.7 Å². The molecule has 1 N–H and O–H groups in total. The Bertz CT molecular complexity index is 1040. The largest absolute Gasteiger partial charge is 0.466 e. The summed E-state index contributed by atoms with van der Waals surface area (Å²) in [4.78, 5) is 25.8. The molecule has 2 atom stereocenters. The smallest absolute Gasteiger partial charge is 0.336 e. The molecule has 29 heavy (non-hydrogen) atoms. The molecule has 148 valence electrons. The van der Waals surface area contributed by atoms with E-state index in [2.05, 4.69) is 5.32 Å². The molecule has 0 fully saturated rings. The third-order valence-electron chi connectivity index (χ3n) is 5.72. The molecule has 4 rings (SSSR count). The molecule has 4 nitrogen and oxygen atoms in total. The van der Waals surface area contributed by atoms with Crippen LogP contribution in [-0.2, 0) is 14.3 Å². The molecule has 1 heterocycles. The predicted molar refractivity (Wildman–Crippen MR) is 107 cm³/mol. The van der Waals surface area contributed by atoms with Gasteiger partial charge in [-0.15, -0.1) is 0 Å². The number of rotatable bonds is 3. The van der Waals surface area contributed by atoms with Crippen molar-refractivity contribution in [1.82, 2.24) is 5.32 Å². The Morgan fingerprint density at radius 2 is 1.76 bits per heavy atom. The molecule has 1 aliphatic carbocycles. The third-order valence-corrected chi connectivity index (χ3v) is 5.72. The van der Waals surface area contributed by atoms with E-state index in [0.717, 1.165) is 11.3 Å². The van der Waals surface area contributed by atoms with Crippen molar-refractivity contribution < 1.29 is 18.7 Å². The summed E-state index contributed by atoms with van der Waals surface area (Å²) in [5.41, 5.74) is 3.50. The Kier molecular flexibility index (Phi) is 5.05. The monoisotopic (exact) mass is 391 g/mol. The molecule has 2 aliphatic rings. The molecular weight excluding hydrogens is 369 g/mol. The van der Waals surface area contributed by atoms with Crippen molar-refractivity contribution in [2.75, 3.05) is 7.11 Å². The number of carbonyl (C=O) groups excluding carboxylic acids is 2. The SMILES string of the molecule is COC(=O)C1=C(C)NC2=C(C(=O)C[C@H](c3ccccc3)C2)[C@@H]1c1ccccc1F. The quantitative estimate of drug-likeness (QED) is 0.790. The number of hydrogen-bond donors (Lipinski definition) is 1. The van der Waals surface area contributed by atoms with E-state index in [1.54, 1.807) is 25.1 Å². The van der Waals surface area contributed by atoms with Gasteiger partial charge in [0.1, 0.15) is 5.82 Å². The molecule has 0 unspecified atom stereocenters. The van der Waals surface area contributed by atoms with Gasteiger partial charge in [-0.1, -0.05) is 48.5 Å². The molecule has 5 heteroatoms. The number of esters is 1. The zero-order valence-corrected chi connectivity index (χ0v) is 16.4. The van der Waals surface area contributed by atoms with Crippen LogP contribution in [0.4, 0.5) is 4.39 Å². The van der Waals surface area contributed by atoms with Crippen molar-refractivity contribution in [1.29, 1.82) is 0 Å². The summed E-state index contributed by atoms with van der Waals surface area (Å²) >= 11 is 0. The number of ether oxygens (including phenoxy) is 1. The molecule has 0 bridgehead atoms. The van der Waals surface area contributed by atoms with Crippen molar-refractivity contribution in [3.63, 3.8) is 0 Å². The zero-order chi connectivity index (χ0) is 20.5. The molecule has 0 spiro atoms. The molecule has 0 radical (unpaired) electrons. The van der Waals surface area contributed by atoms with Gasteiger partial charge in [0, 0.05) is 29.0 Å². The van der Waals surface area contributed by atoms with Gasteiger partial charge in [0.25, 0.3) is 0 Å². The van der Waals surface area contributed by atoms with Crippen LogP contribution < -0.4 is 5.32 Å². The van der Waals surface area contributed by atoms with Crippen LogP contribution >= 0.6 is 0 Å². The van der Waals surface area contributed by atoms with E-state index in [9.17, 15) is 14.0 Å². The lowest BCUT2D eigenvalue weighted by Gasteiger charge is -2.36. The van der Waals surface area contributed by atoms with Gasteiger partial charge in [0.2, 0.25) is 0 Å². The highest BCUT2D eigenvalue weighted by atomic mass is 19.1. The Morgan fingerprint density at radius 1 is 1.07 bits per heavy atom. The Hall–Kier alpha value is -3.21. The summed E-state index contributed by atoms with van der Waals surface area (Å²) in [7, 11) is 1.29. The van der Waals surface area contributed by atoms with Gasteiger partial charge in [-0.25, -0.2) is 9.18 Å². The van der Waals surface area contributed by atoms with Gasteiger partial charge in [-0.05, 0) is 30.9 Å². The highest BCUT2D eigenvalue weighted by Gasteiger charge is 2.42. The van der Waals surface area contributed by atoms with Gasteiger partial charge in [-0.3, -0.25) is 4.79 Å². The first kappa shape index (κ1) is 19.1. The van der Waals surface area contributed by atoms with Crippen molar-refractivity contribution in [2.24, 2.45) is 0 Å². The minimum absolute atomic E-state index is 0.0451. The number of dihydropyridines is 1. The van der Waals surface area contributed by atoms with E-state index in [-0.39, 0.29) is 17.3 Å². The summed E-state index contributed by atoms with van der Waals surface area (Å²) in [6, 6.07) is 16.2. The lowest BCUT2D eigenvalue weighted by atomic mass is 9.71. The van der Waals surface area contributed by atoms with Gasteiger partial charge in [-0.2, -0.15) is 0 Å². The summed E-state index contributed by atoms with van der Waals surface area (Å²) in [5, 5.41) is 3.25. The number of ketones is 1. The Morgan fingerprint density at radius 3 is 2.45 bits per heavy atom. The molecule has 0 saturated heterocycles. The Labute approximate surface area is 169 Å². The standard InChI is InChI=1S/C24H22FNO3/c1-14-21(24(28)29-2)22(17-10-6-7-11-18(17)25)23-19(26-14)12-16(13-20(23)27)15-8-4-3-5-9-15/h3-11,16,22,26H,12-13H2,1-2H3/t16-,22-/m1/s1. The summed E-state index contributed by atoms with van der Waals surface area (Å²) < 4.78 is 19.7. The number of benzene rings is 2. The van der Waals surface area contributed by atoms with E-state index in [1.165, 1.54) is 13.2 Å². The van der Waals surface area contributed by atoms with Gasteiger partial charge in [0.05, 0.1) is 18.6 Å². The fourth-order valence-corrected chi connectivity index (χ4v) is 4.40. The number of allylic oxidation sites excluding steroid dienone is 3. The molecule has 0 amide bonds. The average molecular weight is 391 g/mol. The minimum atomic E-state index is -0.774. The average Bonchev–Trinajstić information content (AvgIpc) is 2.73. The van der Waals surface area contributed by atoms with Crippen molar-refractivity contribution in [2.45, 2.75) is 31.6 Å². The third kappa shape index (κ3) is 3.37. The number of methoxy groups -OCH3 is 1. The van der Waals surface area contributed by atoms with Crippen molar-refractivity contribution in [3.8, 4) is 0 Å². The maximum absolute atomic E-state index is 14.7. The fraction of sp³-hybridized carbons (Fsp3) is 0.250.